The van der Waals surface area contributed by atoms with Gasteiger partial charge in [-0.15, -0.1) is 0 Å². The van der Waals surface area contributed by atoms with Gasteiger partial charge in [0, 0.05) is 0 Å². The summed E-state index contributed by atoms with van der Waals surface area (Å²) in [7, 11) is 0. The van der Waals surface area contributed by atoms with Crippen LogP contribution in [0.5, 0.6) is 5.75 Å². The van der Waals surface area contributed by atoms with E-state index in [0.717, 1.165) is 5.56 Å². The van der Waals surface area contributed by atoms with Crippen molar-refractivity contribution in [1.82, 2.24) is 10.6 Å². The van der Waals surface area contributed by atoms with Crippen molar-refractivity contribution in [2.45, 2.75) is 44.8 Å². The maximum absolute atomic E-state index is 12.6. The van der Waals surface area contributed by atoms with E-state index < -0.39 is 35.9 Å². The van der Waals surface area contributed by atoms with Crippen LogP contribution in [0.2, 0.25) is 0 Å². The van der Waals surface area contributed by atoms with Gasteiger partial charge in [0.15, 0.2) is 0 Å². The fourth-order valence-corrected chi connectivity index (χ4v) is 3.00. The molecule has 3 atom stereocenters. The Morgan fingerprint density at radius 1 is 1.11 bits per heavy atom. The van der Waals surface area contributed by atoms with E-state index in [1.54, 1.807) is 26.0 Å². The van der Waals surface area contributed by atoms with Crippen LogP contribution in [0.3, 0.4) is 0 Å². The lowest BCUT2D eigenvalue weighted by Gasteiger charge is -2.24. The molecule has 8 nitrogen and oxygen atoms in total. The van der Waals surface area contributed by atoms with Gasteiger partial charge < -0.3 is 26.6 Å². The minimum Gasteiger partial charge on any atom is -0.508 e. The second-order valence-electron chi connectivity index (χ2n) is 6.89. The Labute approximate surface area is 169 Å². The zero-order valence-electron chi connectivity index (χ0n) is 16.3. The number of hydrogen-bond acceptors (Lipinski definition) is 6. The van der Waals surface area contributed by atoms with Crippen LogP contribution in [0, 0.1) is 5.92 Å². The maximum atomic E-state index is 12.6. The molecule has 0 saturated heterocycles. The summed E-state index contributed by atoms with van der Waals surface area (Å²) in [5.41, 5.74) is 6.73. The number of hydrogen-bond donors (Lipinski definition) is 5. The van der Waals surface area contributed by atoms with Crippen molar-refractivity contribution in [3.8, 4) is 5.75 Å². The van der Waals surface area contributed by atoms with E-state index in [9.17, 15) is 24.6 Å². The molecule has 0 unspecified atom stereocenters. The van der Waals surface area contributed by atoms with Gasteiger partial charge in [-0.25, -0.2) is 4.79 Å². The van der Waals surface area contributed by atoms with Crippen LogP contribution in [0.15, 0.2) is 24.3 Å². The van der Waals surface area contributed by atoms with Crippen LogP contribution < -0.4 is 16.4 Å². The lowest BCUT2D eigenvalue weighted by Crippen LogP contribution is -2.55. The molecule has 0 bridgehead atoms. The molecule has 0 aromatic heterocycles. The first-order valence-electron chi connectivity index (χ1n) is 9.01. The number of benzene rings is 1. The van der Waals surface area contributed by atoms with Gasteiger partial charge >= 0.3 is 5.97 Å². The molecule has 0 aliphatic carbocycles. The molecular formula is C19H29N3O5S. The number of nitrogens with one attached hydrogen (secondary N) is 2. The number of carbonyl (C=O) groups excluding carboxylic acids is 2. The van der Waals surface area contributed by atoms with E-state index in [4.69, 9.17) is 5.73 Å². The fraction of sp³-hybridized carbons (Fsp3) is 0.526. The number of phenolic OH excluding ortho intramolecular Hbond substituents is 1. The molecule has 2 amide bonds. The number of phenols is 1. The number of amides is 2. The molecule has 0 aliphatic heterocycles. The highest BCUT2D eigenvalue weighted by molar-refractivity contribution is 7.98. The summed E-state index contributed by atoms with van der Waals surface area (Å²) in [6, 6.07) is 3.56. The van der Waals surface area contributed by atoms with Gasteiger partial charge in [-0.05, 0) is 48.5 Å². The van der Waals surface area contributed by atoms with Gasteiger partial charge in [0.25, 0.3) is 0 Å². The second kappa shape index (κ2) is 11.6. The van der Waals surface area contributed by atoms with Crippen molar-refractivity contribution >= 4 is 29.5 Å². The Morgan fingerprint density at radius 3 is 2.21 bits per heavy atom. The van der Waals surface area contributed by atoms with Crippen LogP contribution in [0.4, 0.5) is 0 Å². The average Bonchev–Trinajstić information content (AvgIpc) is 2.63. The fourth-order valence-electron chi connectivity index (χ4n) is 2.53. The summed E-state index contributed by atoms with van der Waals surface area (Å²) in [6.07, 6.45) is 2.48. The van der Waals surface area contributed by atoms with Crippen LogP contribution in [0.25, 0.3) is 0 Å². The Kier molecular flexibility index (Phi) is 9.81. The van der Waals surface area contributed by atoms with Gasteiger partial charge in [-0.1, -0.05) is 26.0 Å². The number of thioether (sulfide) groups is 1. The van der Waals surface area contributed by atoms with E-state index >= 15 is 0 Å². The highest BCUT2D eigenvalue weighted by Crippen LogP contribution is 2.11. The van der Waals surface area contributed by atoms with Crippen molar-refractivity contribution in [3.63, 3.8) is 0 Å². The highest BCUT2D eigenvalue weighted by Gasteiger charge is 2.29. The third-order valence-electron chi connectivity index (χ3n) is 4.20. The molecule has 28 heavy (non-hydrogen) atoms. The van der Waals surface area contributed by atoms with Crippen LogP contribution >= 0.6 is 11.8 Å². The Morgan fingerprint density at radius 2 is 1.71 bits per heavy atom. The summed E-state index contributed by atoms with van der Waals surface area (Å²) >= 11 is 1.52. The molecule has 0 saturated carbocycles. The zero-order valence-corrected chi connectivity index (χ0v) is 17.2. The summed E-state index contributed by atoms with van der Waals surface area (Å²) in [5.74, 6) is -1.72. The van der Waals surface area contributed by atoms with Gasteiger partial charge in [-0.3, -0.25) is 9.59 Å². The number of rotatable bonds is 11. The first kappa shape index (κ1) is 23.8. The molecular weight excluding hydrogens is 382 g/mol. The molecule has 9 heteroatoms. The molecule has 156 valence electrons. The number of carboxylic acid groups (broad SMARTS) is 1. The van der Waals surface area contributed by atoms with Crippen molar-refractivity contribution < 1.29 is 24.6 Å². The van der Waals surface area contributed by atoms with E-state index in [1.165, 1.54) is 23.9 Å². The second-order valence-corrected chi connectivity index (χ2v) is 7.87. The maximum Gasteiger partial charge on any atom is 0.326 e. The van der Waals surface area contributed by atoms with E-state index in [1.807, 2.05) is 6.26 Å². The third-order valence-corrected chi connectivity index (χ3v) is 4.85. The highest BCUT2D eigenvalue weighted by atomic mass is 32.2. The molecule has 6 N–H and O–H groups in total. The van der Waals surface area contributed by atoms with E-state index in [-0.39, 0.29) is 18.1 Å². The molecule has 0 heterocycles. The summed E-state index contributed by atoms with van der Waals surface area (Å²) in [5, 5.41) is 23.7. The molecule has 1 aromatic carbocycles. The average molecular weight is 412 g/mol. The minimum atomic E-state index is -1.12. The number of carboxylic acids is 1. The van der Waals surface area contributed by atoms with Crippen LogP contribution in [-0.4, -0.2) is 58.1 Å². The minimum absolute atomic E-state index is 0.119. The lowest BCUT2D eigenvalue weighted by atomic mass is 10.0. The van der Waals surface area contributed by atoms with Gasteiger partial charge in [0.2, 0.25) is 11.8 Å². The Balaban J connectivity index is 2.77. The SMILES string of the molecule is CSCC[C@H](NC(=O)[C@@H](N)Cc1ccc(O)cc1)C(=O)N[C@H](C(=O)O)C(C)C. The molecule has 1 rings (SSSR count). The first-order valence-corrected chi connectivity index (χ1v) is 10.4. The van der Waals surface area contributed by atoms with E-state index in [2.05, 4.69) is 10.6 Å². The topological polar surface area (TPSA) is 142 Å². The van der Waals surface area contributed by atoms with Gasteiger partial charge in [0.1, 0.15) is 17.8 Å². The van der Waals surface area contributed by atoms with Crippen LogP contribution in [0.1, 0.15) is 25.8 Å². The predicted octanol–water partition coefficient (Wildman–Crippen LogP) is 0.725. The van der Waals surface area contributed by atoms with Gasteiger partial charge in [0.05, 0.1) is 6.04 Å². The molecule has 0 spiro atoms. The number of aliphatic carboxylic acids is 1. The number of carbonyl (C=O) groups is 3. The van der Waals surface area contributed by atoms with Crippen molar-refractivity contribution in [2.75, 3.05) is 12.0 Å². The standard InChI is InChI=1S/C19H29N3O5S/c1-11(2)16(19(26)27)22-18(25)15(8-9-28-3)21-17(24)14(20)10-12-4-6-13(23)7-5-12/h4-7,11,14-16,23H,8-10,20H2,1-3H3,(H,21,24)(H,22,25)(H,26,27)/t14-,15-,16-/m0/s1. The van der Waals surface area contributed by atoms with E-state index in [0.29, 0.717) is 12.2 Å². The smallest absolute Gasteiger partial charge is 0.326 e. The summed E-state index contributed by atoms with van der Waals surface area (Å²) < 4.78 is 0. The summed E-state index contributed by atoms with van der Waals surface area (Å²) in [6.45, 7) is 3.39. The Bertz CT molecular complexity index is 666. The quantitative estimate of drug-likeness (QED) is 0.361. The Hall–Kier alpha value is -2.26. The molecule has 1 aromatic rings. The van der Waals surface area contributed by atoms with Gasteiger partial charge in [-0.2, -0.15) is 11.8 Å². The summed E-state index contributed by atoms with van der Waals surface area (Å²) in [4.78, 5) is 36.3. The molecule has 0 aliphatic rings. The monoisotopic (exact) mass is 411 g/mol. The largest absolute Gasteiger partial charge is 0.508 e. The van der Waals surface area contributed by atoms with Crippen molar-refractivity contribution in [1.29, 1.82) is 0 Å². The molecule has 0 fully saturated rings. The van der Waals surface area contributed by atoms with Crippen molar-refractivity contribution in [3.05, 3.63) is 29.8 Å². The first-order chi connectivity index (χ1) is 13.1. The number of nitrogens with two attached hydrogens (primary N) is 1. The lowest BCUT2D eigenvalue weighted by molar-refractivity contribution is -0.143. The predicted molar refractivity (Wildman–Crippen MR) is 109 cm³/mol. The molecule has 0 radical (unpaired) electrons. The third kappa shape index (κ3) is 7.77. The normalized spacial score (nSPS) is 14.2. The van der Waals surface area contributed by atoms with Crippen molar-refractivity contribution in [2.24, 2.45) is 11.7 Å². The number of aromatic hydroxyl groups is 1. The van der Waals surface area contributed by atoms with Crippen LogP contribution in [-0.2, 0) is 20.8 Å². The zero-order chi connectivity index (χ0) is 21.3.